The lowest BCUT2D eigenvalue weighted by Gasteiger charge is -2.15. The molecule has 0 unspecified atom stereocenters. The molecule has 1 aromatic heterocycles. The molecule has 0 spiro atoms. The maximum Gasteiger partial charge on any atom is 0.229 e. The van der Waals surface area contributed by atoms with Crippen molar-refractivity contribution in [1.82, 2.24) is 4.98 Å². The molecule has 132 valence electrons. The SMILES string of the molecule is Cc1c(-c2ccc(O)c(N(C)C)c2)[nH]c2ccc(NS(C)(=O)=O)cc12. The van der Waals surface area contributed by atoms with Crippen molar-refractivity contribution in [1.29, 1.82) is 0 Å². The third-order valence-electron chi connectivity index (χ3n) is 4.11. The first-order valence-electron chi connectivity index (χ1n) is 7.76. The second-order valence-corrected chi connectivity index (χ2v) is 8.11. The van der Waals surface area contributed by atoms with Crippen molar-refractivity contribution < 1.29 is 13.5 Å². The van der Waals surface area contributed by atoms with Gasteiger partial charge in [0.1, 0.15) is 5.75 Å². The van der Waals surface area contributed by atoms with Gasteiger partial charge in [0.2, 0.25) is 10.0 Å². The number of sulfonamides is 1. The van der Waals surface area contributed by atoms with Crippen LogP contribution in [0.2, 0.25) is 0 Å². The van der Waals surface area contributed by atoms with Crippen molar-refractivity contribution >= 4 is 32.3 Å². The van der Waals surface area contributed by atoms with Gasteiger partial charge in [0.25, 0.3) is 0 Å². The minimum absolute atomic E-state index is 0.224. The zero-order valence-corrected chi connectivity index (χ0v) is 15.4. The summed E-state index contributed by atoms with van der Waals surface area (Å²) in [4.78, 5) is 5.23. The number of nitrogens with one attached hydrogen (secondary N) is 2. The predicted octanol–water partition coefficient (Wildman–Crippen LogP) is 3.29. The Labute approximate surface area is 147 Å². The van der Waals surface area contributed by atoms with Crippen LogP contribution in [0.3, 0.4) is 0 Å². The molecule has 1 heterocycles. The van der Waals surface area contributed by atoms with Gasteiger partial charge in [0.15, 0.2) is 0 Å². The fourth-order valence-electron chi connectivity index (χ4n) is 2.93. The first-order chi connectivity index (χ1) is 11.7. The molecule has 0 amide bonds. The number of phenols is 1. The van der Waals surface area contributed by atoms with E-state index in [1.807, 2.05) is 50.2 Å². The molecule has 0 saturated heterocycles. The summed E-state index contributed by atoms with van der Waals surface area (Å²) in [5, 5.41) is 10.9. The quantitative estimate of drug-likeness (QED) is 0.667. The van der Waals surface area contributed by atoms with E-state index in [1.54, 1.807) is 12.1 Å². The molecule has 25 heavy (non-hydrogen) atoms. The van der Waals surface area contributed by atoms with Crippen LogP contribution in [-0.2, 0) is 10.0 Å². The minimum atomic E-state index is -3.32. The molecular formula is C18H21N3O3S. The highest BCUT2D eigenvalue weighted by Crippen LogP contribution is 2.35. The normalized spacial score (nSPS) is 11.7. The van der Waals surface area contributed by atoms with Crippen LogP contribution in [0.15, 0.2) is 36.4 Å². The van der Waals surface area contributed by atoms with Gasteiger partial charge in [-0.1, -0.05) is 0 Å². The Bertz CT molecular complexity index is 1050. The van der Waals surface area contributed by atoms with Crippen LogP contribution in [0, 0.1) is 6.92 Å². The molecule has 6 nitrogen and oxygen atoms in total. The lowest BCUT2D eigenvalue weighted by Crippen LogP contribution is -2.09. The molecule has 0 saturated carbocycles. The zero-order valence-electron chi connectivity index (χ0n) is 14.6. The van der Waals surface area contributed by atoms with Gasteiger partial charge in [-0.2, -0.15) is 0 Å². The summed E-state index contributed by atoms with van der Waals surface area (Å²) in [5.41, 5.74) is 5.09. The number of anilines is 2. The van der Waals surface area contributed by atoms with E-state index in [1.165, 1.54) is 0 Å². The second kappa shape index (κ2) is 6.00. The second-order valence-electron chi connectivity index (χ2n) is 6.36. The molecule has 0 atom stereocenters. The van der Waals surface area contributed by atoms with Gasteiger partial charge in [-0.25, -0.2) is 8.42 Å². The third kappa shape index (κ3) is 3.41. The highest BCUT2D eigenvalue weighted by molar-refractivity contribution is 7.92. The van der Waals surface area contributed by atoms with E-state index in [0.717, 1.165) is 39.7 Å². The number of H-pyrrole nitrogens is 1. The molecule has 3 rings (SSSR count). The van der Waals surface area contributed by atoms with E-state index in [9.17, 15) is 13.5 Å². The number of nitrogens with zero attached hydrogens (tertiary/aromatic N) is 1. The topological polar surface area (TPSA) is 85.4 Å². The summed E-state index contributed by atoms with van der Waals surface area (Å²) < 4.78 is 25.4. The van der Waals surface area contributed by atoms with Gasteiger partial charge < -0.3 is 15.0 Å². The maximum atomic E-state index is 11.4. The van der Waals surface area contributed by atoms with Gasteiger partial charge in [-0.3, -0.25) is 4.72 Å². The lowest BCUT2D eigenvalue weighted by atomic mass is 10.1. The zero-order chi connectivity index (χ0) is 18.4. The molecule has 2 aromatic carbocycles. The third-order valence-corrected chi connectivity index (χ3v) is 4.71. The van der Waals surface area contributed by atoms with E-state index in [4.69, 9.17) is 0 Å². The first kappa shape index (κ1) is 17.2. The van der Waals surface area contributed by atoms with Crippen LogP contribution in [0.1, 0.15) is 5.56 Å². The highest BCUT2D eigenvalue weighted by atomic mass is 32.2. The number of benzene rings is 2. The molecule has 0 aliphatic heterocycles. The van der Waals surface area contributed by atoms with Gasteiger partial charge in [0, 0.05) is 41.9 Å². The van der Waals surface area contributed by atoms with E-state index < -0.39 is 10.0 Å². The molecule has 0 radical (unpaired) electrons. The standard InChI is InChI=1S/C18H21N3O3S/c1-11-14-10-13(20-25(4,23)24)6-7-15(14)19-18(11)12-5-8-17(22)16(9-12)21(2)3/h5-10,19-20,22H,1-4H3. The summed E-state index contributed by atoms with van der Waals surface area (Å²) in [6.45, 7) is 1.99. The lowest BCUT2D eigenvalue weighted by molar-refractivity contribution is 0.476. The molecule has 0 aliphatic rings. The Kier molecular flexibility index (Phi) is 4.12. The number of aromatic hydroxyl groups is 1. The Balaban J connectivity index is 2.12. The Morgan fingerprint density at radius 2 is 1.84 bits per heavy atom. The van der Waals surface area contributed by atoms with Crippen LogP contribution < -0.4 is 9.62 Å². The first-order valence-corrected chi connectivity index (χ1v) is 9.65. The summed E-state index contributed by atoms with van der Waals surface area (Å²) in [7, 11) is 0.433. The number of aromatic nitrogens is 1. The van der Waals surface area contributed by atoms with E-state index in [0.29, 0.717) is 5.69 Å². The number of hydrogen-bond acceptors (Lipinski definition) is 4. The Morgan fingerprint density at radius 3 is 2.48 bits per heavy atom. The summed E-state index contributed by atoms with van der Waals surface area (Å²) in [6, 6.07) is 10.8. The number of fused-ring (bicyclic) bond motifs is 1. The van der Waals surface area contributed by atoms with Crippen molar-refractivity contribution in [3.05, 3.63) is 42.0 Å². The maximum absolute atomic E-state index is 11.4. The smallest absolute Gasteiger partial charge is 0.229 e. The summed E-state index contributed by atoms with van der Waals surface area (Å²) in [6.07, 6.45) is 1.13. The molecule has 3 aromatic rings. The van der Waals surface area contributed by atoms with Crippen LogP contribution in [0.5, 0.6) is 5.75 Å². The van der Waals surface area contributed by atoms with E-state index in [-0.39, 0.29) is 5.75 Å². The van der Waals surface area contributed by atoms with Crippen LogP contribution in [0.4, 0.5) is 11.4 Å². The average Bonchev–Trinajstić information content (AvgIpc) is 2.83. The number of aromatic amines is 1. The number of hydrogen-bond donors (Lipinski definition) is 3. The van der Waals surface area contributed by atoms with E-state index >= 15 is 0 Å². The number of aryl methyl sites for hydroxylation is 1. The largest absolute Gasteiger partial charge is 0.506 e. The fourth-order valence-corrected chi connectivity index (χ4v) is 3.49. The molecular weight excluding hydrogens is 338 g/mol. The molecule has 7 heteroatoms. The van der Waals surface area contributed by atoms with Crippen molar-refractivity contribution in [3.8, 4) is 17.0 Å². The minimum Gasteiger partial charge on any atom is -0.506 e. The van der Waals surface area contributed by atoms with Gasteiger partial charge in [-0.15, -0.1) is 0 Å². The monoisotopic (exact) mass is 359 g/mol. The molecule has 0 aliphatic carbocycles. The molecule has 3 N–H and O–H groups in total. The van der Waals surface area contributed by atoms with Gasteiger partial charge in [0.05, 0.1) is 11.9 Å². The summed E-state index contributed by atoms with van der Waals surface area (Å²) >= 11 is 0. The molecule has 0 fully saturated rings. The summed E-state index contributed by atoms with van der Waals surface area (Å²) in [5.74, 6) is 0.224. The number of phenolic OH excluding ortho intramolecular Hbond substituents is 1. The average molecular weight is 359 g/mol. The Morgan fingerprint density at radius 1 is 1.12 bits per heavy atom. The predicted molar refractivity (Wildman–Crippen MR) is 103 cm³/mol. The van der Waals surface area contributed by atoms with Crippen molar-refractivity contribution in [2.75, 3.05) is 30.0 Å². The fraction of sp³-hybridized carbons (Fsp3) is 0.222. The van der Waals surface area contributed by atoms with Gasteiger partial charge in [-0.05, 0) is 48.9 Å². The van der Waals surface area contributed by atoms with Crippen LogP contribution >= 0.6 is 0 Å². The van der Waals surface area contributed by atoms with E-state index in [2.05, 4.69) is 9.71 Å². The Hall–Kier alpha value is -2.67. The van der Waals surface area contributed by atoms with Gasteiger partial charge >= 0.3 is 0 Å². The van der Waals surface area contributed by atoms with Crippen molar-refractivity contribution in [2.45, 2.75) is 6.92 Å². The number of rotatable bonds is 4. The van der Waals surface area contributed by atoms with Crippen molar-refractivity contribution in [3.63, 3.8) is 0 Å². The van der Waals surface area contributed by atoms with Crippen LogP contribution in [-0.4, -0.2) is 38.9 Å². The van der Waals surface area contributed by atoms with Crippen molar-refractivity contribution in [2.24, 2.45) is 0 Å². The highest BCUT2D eigenvalue weighted by Gasteiger charge is 2.13. The molecule has 0 bridgehead atoms. The van der Waals surface area contributed by atoms with Crippen LogP contribution in [0.25, 0.3) is 22.2 Å².